The Hall–Kier alpha value is -3.61. The first-order valence-corrected chi connectivity index (χ1v) is 8.92. The number of carbonyl (C=O) groups is 1. The zero-order valence-corrected chi connectivity index (χ0v) is 15.8. The molecule has 1 heterocycles. The van der Waals surface area contributed by atoms with E-state index >= 15 is 0 Å². The molecule has 144 valence electrons. The molecule has 1 amide bonds. The number of carbonyl (C=O) groups excluding carboxylic acids is 1. The van der Waals surface area contributed by atoms with Gasteiger partial charge in [0.25, 0.3) is 0 Å². The van der Waals surface area contributed by atoms with Gasteiger partial charge in [-0.1, -0.05) is 35.5 Å². The number of rotatable bonds is 8. The van der Waals surface area contributed by atoms with Gasteiger partial charge >= 0.3 is 0 Å². The Morgan fingerprint density at radius 1 is 1.18 bits per heavy atom. The molecule has 0 aliphatic heterocycles. The first-order valence-electron chi connectivity index (χ1n) is 8.92. The van der Waals surface area contributed by atoms with Gasteiger partial charge in [0.05, 0.1) is 26.5 Å². The summed E-state index contributed by atoms with van der Waals surface area (Å²) >= 11 is 0. The van der Waals surface area contributed by atoms with Crippen LogP contribution < -0.4 is 14.8 Å². The van der Waals surface area contributed by atoms with Gasteiger partial charge in [-0.2, -0.15) is 0 Å². The molecule has 3 rings (SSSR count). The monoisotopic (exact) mass is 378 g/mol. The van der Waals surface area contributed by atoms with Crippen molar-refractivity contribution in [2.45, 2.75) is 13.5 Å². The van der Waals surface area contributed by atoms with Gasteiger partial charge in [-0.3, -0.25) is 4.79 Å². The van der Waals surface area contributed by atoms with Crippen molar-refractivity contribution in [1.29, 1.82) is 0 Å². The van der Waals surface area contributed by atoms with Crippen molar-refractivity contribution in [1.82, 2.24) is 15.0 Å². The molecule has 7 heteroatoms. The lowest BCUT2D eigenvalue weighted by Gasteiger charge is -2.11. The highest BCUT2D eigenvalue weighted by atomic mass is 16.5. The number of anilines is 1. The lowest BCUT2D eigenvalue weighted by atomic mass is 10.2. The second kappa shape index (κ2) is 9.36. The average Bonchev–Trinajstić information content (AvgIpc) is 3.16. The molecule has 1 aromatic heterocycles. The third-order valence-corrected chi connectivity index (χ3v) is 3.88. The molecule has 0 bridgehead atoms. The standard InChI is InChI=1S/C21H22N4O3/c1-3-28-19-11-9-17(13-20(19)27-2)22-21(26)12-10-18-15-25(24-23-18)14-16-7-5-4-6-8-16/h4-13,15H,3,14H2,1-2H3,(H,22,26)/b12-10+. The Balaban J connectivity index is 1.60. The molecule has 0 radical (unpaired) electrons. The quantitative estimate of drug-likeness (QED) is 0.608. The number of methoxy groups -OCH3 is 1. The maximum atomic E-state index is 12.2. The van der Waals surface area contributed by atoms with Crippen LogP contribution in [0.1, 0.15) is 18.2 Å². The number of benzene rings is 2. The van der Waals surface area contributed by atoms with E-state index in [1.807, 2.05) is 37.3 Å². The molecular weight excluding hydrogens is 356 g/mol. The second-order valence-electron chi connectivity index (χ2n) is 5.95. The lowest BCUT2D eigenvalue weighted by Crippen LogP contribution is -2.08. The summed E-state index contributed by atoms with van der Waals surface area (Å²) < 4.78 is 12.5. The summed E-state index contributed by atoms with van der Waals surface area (Å²) in [4.78, 5) is 12.2. The van der Waals surface area contributed by atoms with Gasteiger partial charge in [-0.25, -0.2) is 4.68 Å². The molecule has 7 nitrogen and oxygen atoms in total. The van der Waals surface area contributed by atoms with E-state index in [1.54, 1.807) is 42.3 Å². The molecule has 2 aromatic carbocycles. The summed E-state index contributed by atoms with van der Waals surface area (Å²) in [6.07, 6.45) is 4.83. The Kier molecular flexibility index (Phi) is 6.41. The molecule has 0 fully saturated rings. The summed E-state index contributed by atoms with van der Waals surface area (Å²) in [5.74, 6) is 0.921. The zero-order chi connectivity index (χ0) is 19.8. The fourth-order valence-corrected chi connectivity index (χ4v) is 2.60. The van der Waals surface area contributed by atoms with E-state index in [9.17, 15) is 4.79 Å². The molecule has 0 aliphatic carbocycles. The van der Waals surface area contributed by atoms with Crippen LogP contribution in [-0.4, -0.2) is 34.6 Å². The Morgan fingerprint density at radius 3 is 2.75 bits per heavy atom. The highest BCUT2D eigenvalue weighted by molar-refractivity contribution is 6.01. The van der Waals surface area contributed by atoms with Gasteiger partial charge in [-0.15, -0.1) is 5.10 Å². The second-order valence-corrected chi connectivity index (χ2v) is 5.95. The Bertz CT molecular complexity index is 951. The van der Waals surface area contributed by atoms with Crippen molar-refractivity contribution in [2.75, 3.05) is 19.0 Å². The molecular formula is C21H22N4O3. The minimum absolute atomic E-state index is 0.274. The first-order chi connectivity index (χ1) is 13.7. The topological polar surface area (TPSA) is 78.3 Å². The average molecular weight is 378 g/mol. The van der Waals surface area contributed by atoms with E-state index in [-0.39, 0.29) is 5.91 Å². The van der Waals surface area contributed by atoms with E-state index in [2.05, 4.69) is 15.6 Å². The van der Waals surface area contributed by atoms with Crippen LogP contribution in [0.15, 0.2) is 60.8 Å². The molecule has 0 saturated heterocycles. The van der Waals surface area contributed by atoms with E-state index in [0.717, 1.165) is 5.56 Å². The minimum atomic E-state index is -0.274. The van der Waals surface area contributed by atoms with Crippen molar-refractivity contribution in [3.63, 3.8) is 0 Å². The number of nitrogens with zero attached hydrogens (tertiary/aromatic N) is 3. The van der Waals surface area contributed by atoms with Crippen LogP contribution in [-0.2, 0) is 11.3 Å². The Labute approximate surface area is 163 Å². The van der Waals surface area contributed by atoms with E-state index in [0.29, 0.717) is 36.0 Å². The van der Waals surface area contributed by atoms with Gasteiger partial charge in [0.1, 0.15) is 5.69 Å². The van der Waals surface area contributed by atoms with Crippen molar-refractivity contribution in [3.05, 3.63) is 72.1 Å². The van der Waals surface area contributed by atoms with Crippen LogP contribution in [0.5, 0.6) is 11.5 Å². The number of nitrogens with one attached hydrogen (secondary N) is 1. The van der Waals surface area contributed by atoms with Gasteiger partial charge in [0.15, 0.2) is 11.5 Å². The Morgan fingerprint density at radius 2 is 2.00 bits per heavy atom. The van der Waals surface area contributed by atoms with Crippen molar-refractivity contribution < 1.29 is 14.3 Å². The molecule has 0 unspecified atom stereocenters. The van der Waals surface area contributed by atoms with E-state index in [4.69, 9.17) is 9.47 Å². The first kappa shape index (κ1) is 19.2. The predicted molar refractivity (Wildman–Crippen MR) is 107 cm³/mol. The van der Waals surface area contributed by atoms with Crippen LogP contribution in [0.3, 0.4) is 0 Å². The summed E-state index contributed by atoms with van der Waals surface area (Å²) in [6.45, 7) is 3.06. The predicted octanol–water partition coefficient (Wildman–Crippen LogP) is 3.39. The van der Waals surface area contributed by atoms with Crippen LogP contribution in [0.4, 0.5) is 5.69 Å². The molecule has 0 atom stereocenters. The number of aromatic nitrogens is 3. The van der Waals surface area contributed by atoms with Gasteiger partial charge < -0.3 is 14.8 Å². The molecule has 1 N–H and O–H groups in total. The smallest absolute Gasteiger partial charge is 0.248 e. The highest BCUT2D eigenvalue weighted by Gasteiger charge is 2.07. The van der Waals surface area contributed by atoms with Gasteiger partial charge in [0, 0.05) is 17.8 Å². The SMILES string of the molecule is CCOc1ccc(NC(=O)/C=C/c2cn(Cc3ccccc3)nn2)cc1OC. The van der Waals surface area contributed by atoms with Crippen molar-refractivity contribution >= 4 is 17.7 Å². The van der Waals surface area contributed by atoms with Gasteiger partial charge in [0.2, 0.25) is 5.91 Å². The van der Waals surface area contributed by atoms with E-state index in [1.165, 1.54) is 6.08 Å². The minimum Gasteiger partial charge on any atom is -0.493 e. The third-order valence-electron chi connectivity index (χ3n) is 3.88. The summed E-state index contributed by atoms with van der Waals surface area (Å²) in [5, 5.41) is 10.9. The van der Waals surface area contributed by atoms with Gasteiger partial charge in [-0.05, 0) is 30.7 Å². The largest absolute Gasteiger partial charge is 0.493 e. The molecule has 0 aliphatic rings. The number of hydrogen-bond acceptors (Lipinski definition) is 5. The van der Waals surface area contributed by atoms with E-state index < -0.39 is 0 Å². The molecule has 28 heavy (non-hydrogen) atoms. The fraction of sp³-hybridized carbons (Fsp3) is 0.190. The zero-order valence-electron chi connectivity index (χ0n) is 15.8. The van der Waals surface area contributed by atoms with Crippen molar-refractivity contribution in [3.8, 4) is 11.5 Å². The maximum Gasteiger partial charge on any atom is 0.248 e. The third kappa shape index (κ3) is 5.20. The summed E-state index contributed by atoms with van der Waals surface area (Å²) in [7, 11) is 1.56. The van der Waals surface area contributed by atoms with Crippen LogP contribution in [0, 0.1) is 0 Å². The summed E-state index contributed by atoms with van der Waals surface area (Å²) in [6, 6.07) is 15.2. The van der Waals surface area contributed by atoms with Crippen LogP contribution in [0.2, 0.25) is 0 Å². The number of amides is 1. The maximum absolute atomic E-state index is 12.2. The molecule has 0 saturated carbocycles. The fourth-order valence-electron chi connectivity index (χ4n) is 2.60. The van der Waals surface area contributed by atoms with Crippen LogP contribution in [0.25, 0.3) is 6.08 Å². The normalized spacial score (nSPS) is 10.8. The highest BCUT2D eigenvalue weighted by Crippen LogP contribution is 2.30. The van der Waals surface area contributed by atoms with Crippen LogP contribution >= 0.6 is 0 Å². The van der Waals surface area contributed by atoms with Crippen molar-refractivity contribution in [2.24, 2.45) is 0 Å². The summed E-state index contributed by atoms with van der Waals surface area (Å²) in [5.41, 5.74) is 2.35. The number of ether oxygens (including phenoxy) is 2. The molecule has 3 aromatic rings. The lowest BCUT2D eigenvalue weighted by molar-refractivity contribution is -0.111. The number of hydrogen-bond donors (Lipinski definition) is 1. The molecule has 0 spiro atoms.